The van der Waals surface area contributed by atoms with Crippen LogP contribution in [0.5, 0.6) is 5.75 Å². The highest BCUT2D eigenvalue weighted by atomic mass is 32.2. The first kappa shape index (κ1) is 24.2. The molecule has 0 amide bonds. The maximum absolute atomic E-state index is 12.5. The van der Waals surface area contributed by atoms with Gasteiger partial charge in [-0.1, -0.05) is 37.1 Å². The van der Waals surface area contributed by atoms with Crippen molar-refractivity contribution < 1.29 is 23.1 Å². The van der Waals surface area contributed by atoms with E-state index in [0.717, 1.165) is 33.2 Å². The van der Waals surface area contributed by atoms with Gasteiger partial charge in [0.05, 0.1) is 11.5 Å². The SMILES string of the molecule is CN(C)S(=O)(=O)c1ccc2cc(-c3cc(CCC(=O)O)ccc3OCC3CCCC3)ccc2c1. The van der Waals surface area contributed by atoms with Gasteiger partial charge in [0.2, 0.25) is 10.0 Å². The van der Waals surface area contributed by atoms with Crippen LogP contribution in [0.2, 0.25) is 0 Å². The molecule has 1 aliphatic carbocycles. The molecule has 0 radical (unpaired) electrons. The van der Waals surface area contributed by atoms with Gasteiger partial charge in [0.15, 0.2) is 0 Å². The molecule has 0 unspecified atom stereocenters. The third kappa shape index (κ3) is 5.42. The van der Waals surface area contributed by atoms with Crippen LogP contribution < -0.4 is 4.74 Å². The molecular formula is C27H31NO5S. The number of fused-ring (bicyclic) bond motifs is 1. The Labute approximate surface area is 201 Å². The fraction of sp³-hybridized carbons (Fsp3) is 0.370. The second-order valence-electron chi connectivity index (χ2n) is 9.20. The Kier molecular flexibility index (Phi) is 7.24. The van der Waals surface area contributed by atoms with E-state index < -0.39 is 16.0 Å². The first-order valence-corrected chi connectivity index (χ1v) is 13.1. The van der Waals surface area contributed by atoms with Crippen LogP contribution in [0.15, 0.2) is 59.5 Å². The zero-order chi connectivity index (χ0) is 24.3. The van der Waals surface area contributed by atoms with Crippen LogP contribution in [-0.4, -0.2) is 44.5 Å². The number of carbonyl (C=O) groups is 1. The van der Waals surface area contributed by atoms with Crippen molar-refractivity contribution in [1.82, 2.24) is 4.31 Å². The topological polar surface area (TPSA) is 83.9 Å². The van der Waals surface area contributed by atoms with E-state index in [4.69, 9.17) is 9.84 Å². The second-order valence-corrected chi connectivity index (χ2v) is 11.3. The third-order valence-electron chi connectivity index (χ3n) is 6.52. The van der Waals surface area contributed by atoms with Crippen molar-refractivity contribution in [1.29, 1.82) is 0 Å². The number of carboxylic acids is 1. The minimum absolute atomic E-state index is 0.0720. The number of rotatable bonds is 9. The molecule has 0 spiro atoms. The smallest absolute Gasteiger partial charge is 0.303 e. The Morgan fingerprint density at radius 1 is 1.00 bits per heavy atom. The Morgan fingerprint density at radius 2 is 1.71 bits per heavy atom. The first-order chi connectivity index (χ1) is 16.2. The van der Waals surface area contributed by atoms with Gasteiger partial charge in [0.25, 0.3) is 0 Å². The van der Waals surface area contributed by atoms with Crippen molar-refractivity contribution in [3.8, 4) is 16.9 Å². The van der Waals surface area contributed by atoms with Crippen molar-refractivity contribution in [2.24, 2.45) is 5.92 Å². The maximum atomic E-state index is 12.5. The minimum Gasteiger partial charge on any atom is -0.493 e. The van der Waals surface area contributed by atoms with Crippen molar-refractivity contribution in [2.45, 2.75) is 43.4 Å². The van der Waals surface area contributed by atoms with Crippen LogP contribution in [0, 0.1) is 5.92 Å². The molecule has 0 bridgehead atoms. The maximum Gasteiger partial charge on any atom is 0.303 e. The molecule has 6 nitrogen and oxygen atoms in total. The zero-order valence-corrected chi connectivity index (χ0v) is 20.5. The number of hydrogen-bond acceptors (Lipinski definition) is 4. The molecule has 0 atom stereocenters. The van der Waals surface area contributed by atoms with Crippen LogP contribution >= 0.6 is 0 Å². The molecule has 1 fully saturated rings. The predicted octanol–water partition coefficient (Wildman–Crippen LogP) is 5.34. The van der Waals surface area contributed by atoms with E-state index in [1.807, 2.05) is 42.5 Å². The molecule has 0 aromatic heterocycles. The Morgan fingerprint density at radius 3 is 2.41 bits per heavy atom. The number of hydrogen-bond donors (Lipinski definition) is 1. The molecule has 0 heterocycles. The van der Waals surface area contributed by atoms with Gasteiger partial charge in [-0.3, -0.25) is 4.79 Å². The lowest BCUT2D eigenvalue weighted by Crippen LogP contribution is -2.22. The summed E-state index contributed by atoms with van der Waals surface area (Å²) in [6, 6.07) is 16.9. The van der Waals surface area contributed by atoms with E-state index in [1.165, 1.54) is 44.1 Å². The molecule has 0 saturated heterocycles. The number of benzene rings is 3. The zero-order valence-electron chi connectivity index (χ0n) is 19.7. The molecule has 1 N–H and O–H groups in total. The molecule has 3 aromatic rings. The van der Waals surface area contributed by atoms with E-state index in [-0.39, 0.29) is 11.3 Å². The van der Waals surface area contributed by atoms with Gasteiger partial charge in [-0.05, 0) is 77.4 Å². The van der Waals surface area contributed by atoms with E-state index in [9.17, 15) is 13.2 Å². The Hall–Kier alpha value is -2.90. The molecule has 1 aliphatic rings. The lowest BCUT2D eigenvalue weighted by Gasteiger charge is -2.17. The van der Waals surface area contributed by atoms with Gasteiger partial charge in [0, 0.05) is 26.1 Å². The third-order valence-corrected chi connectivity index (χ3v) is 8.33. The molecule has 1 saturated carbocycles. The second kappa shape index (κ2) is 10.2. The highest BCUT2D eigenvalue weighted by Gasteiger charge is 2.19. The molecule has 34 heavy (non-hydrogen) atoms. The lowest BCUT2D eigenvalue weighted by atomic mass is 9.97. The number of carboxylic acid groups (broad SMARTS) is 1. The van der Waals surface area contributed by atoms with Gasteiger partial charge >= 0.3 is 5.97 Å². The quantitative estimate of drug-likeness (QED) is 0.446. The van der Waals surface area contributed by atoms with Crippen molar-refractivity contribution in [3.63, 3.8) is 0 Å². The summed E-state index contributed by atoms with van der Waals surface area (Å²) in [5.41, 5.74) is 2.82. The molecule has 7 heteroatoms. The Bertz CT molecular complexity index is 1290. The molecule has 4 rings (SSSR count). The van der Waals surface area contributed by atoms with Crippen LogP contribution in [0.1, 0.15) is 37.7 Å². The fourth-order valence-electron chi connectivity index (χ4n) is 4.48. The average molecular weight is 482 g/mol. The lowest BCUT2D eigenvalue weighted by molar-refractivity contribution is -0.136. The van der Waals surface area contributed by atoms with Crippen molar-refractivity contribution in [3.05, 3.63) is 60.2 Å². The van der Waals surface area contributed by atoms with Gasteiger partial charge in [-0.25, -0.2) is 12.7 Å². The summed E-state index contributed by atoms with van der Waals surface area (Å²) < 4.78 is 32.5. The average Bonchev–Trinajstić information content (AvgIpc) is 3.34. The first-order valence-electron chi connectivity index (χ1n) is 11.7. The van der Waals surface area contributed by atoms with E-state index in [2.05, 4.69) is 0 Å². The molecular weight excluding hydrogens is 450 g/mol. The number of sulfonamides is 1. The number of aliphatic carboxylic acids is 1. The molecule has 3 aromatic carbocycles. The fourth-order valence-corrected chi connectivity index (χ4v) is 5.42. The predicted molar refractivity (Wildman–Crippen MR) is 134 cm³/mol. The van der Waals surface area contributed by atoms with E-state index in [0.29, 0.717) is 18.9 Å². The summed E-state index contributed by atoms with van der Waals surface area (Å²) in [7, 11) is -0.465. The molecule has 180 valence electrons. The standard InChI is InChI=1S/C27H31NO5S/c1-28(2)34(31,32)24-12-11-21-16-23(10-9-22(21)17-24)25-15-19(8-14-27(29)30)7-13-26(25)33-18-20-5-3-4-6-20/h7,9-13,15-17,20H,3-6,8,14,18H2,1-2H3,(H,29,30). The molecule has 0 aliphatic heterocycles. The normalized spacial score (nSPS) is 14.7. The largest absolute Gasteiger partial charge is 0.493 e. The van der Waals surface area contributed by atoms with Crippen molar-refractivity contribution >= 4 is 26.8 Å². The van der Waals surface area contributed by atoms with Crippen LogP contribution in [-0.2, 0) is 21.2 Å². The van der Waals surface area contributed by atoms with Crippen molar-refractivity contribution in [2.75, 3.05) is 20.7 Å². The summed E-state index contributed by atoms with van der Waals surface area (Å²) in [4.78, 5) is 11.3. The summed E-state index contributed by atoms with van der Waals surface area (Å²) >= 11 is 0. The summed E-state index contributed by atoms with van der Waals surface area (Å²) in [6.45, 7) is 0.681. The van der Waals surface area contributed by atoms with Gasteiger partial charge in [-0.2, -0.15) is 0 Å². The minimum atomic E-state index is -3.51. The van der Waals surface area contributed by atoms with E-state index in [1.54, 1.807) is 12.1 Å². The van der Waals surface area contributed by atoms with Gasteiger partial charge in [-0.15, -0.1) is 0 Å². The van der Waals surface area contributed by atoms with Crippen LogP contribution in [0.25, 0.3) is 21.9 Å². The number of ether oxygens (including phenoxy) is 1. The Balaban J connectivity index is 1.69. The summed E-state index contributed by atoms with van der Waals surface area (Å²) in [6.07, 6.45) is 5.42. The van der Waals surface area contributed by atoms with Crippen LogP contribution in [0.4, 0.5) is 0 Å². The highest BCUT2D eigenvalue weighted by molar-refractivity contribution is 7.89. The van der Waals surface area contributed by atoms with Gasteiger partial charge < -0.3 is 9.84 Å². The summed E-state index contributed by atoms with van der Waals surface area (Å²) in [5, 5.41) is 10.8. The summed E-state index contributed by atoms with van der Waals surface area (Å²) in [5.74, 6) is 0.544. The van der Waals surface area contributed by atoms with E-state index >= 15 is 0 Å². The number of nitrogens with zero attached hydrogens (tertiary/aromatic N) is 1. The highest BCUT2D eigenvalue weighted by Crippen LogP contribution is 2.35. The number of aryl methyl sites for hydroxylation is 1. The monoisotopic (exact) mass is 481 g/mol. The van der Waals surface area contributed by atoms with Crippen LogP contribution in [0.3, 0.4) is 0 Å². The van der Waals surface area contributed by atoms with Gasteiger partial charge in [0.1, 0.15) is 5.75 Å².